The van der Waals surface area contributed by atoms with Crippen LogP contribution >= 0.6 is 0 Å². The van der Waals surface area contributed by atoms with Gasteiger partial charge in [0.25, 0.3) is 0 Å². The monoisotopic (exact) mass is 397 g/mol. The van der Waals surface area contributed by atoms with E-state index < -0.39 is 5.82 Å². The minimum atomic E-state index is -0.423. The Morgan fingerprint density at radius 3 is 2.90 bits per heavy atom. The summed E-state index contributed by atoms with van der Waals surface area (Å²) < 4.78 is 25.7. The Morgan fingerprint density at radius 2 is 2.14 bits per heavy atom. The zero-order valence-corrected chi connectivity index (χ0v) is 16.5. The predicted molar refractivity (Wildman–Crippen MR) is 110 cm³/mol. The van der Waals surface area contributed by atoms with Crippen molar-refractivity contribution in [3.63, 3.8) is 0 Å². The van der Waals surface area contributed by atoms with E-state index in [1.165, 1.54) is 6.07 Å². The number of morpholine rings is 1. The van der Waals surface area contributed by atoms with E-state index in [0.29, 0.717) is 41.3 Å². The largest absolute Gasteiger partial charge is 0.488 e. The van der Waals surface area contributed by atoms with Crippen LogP contribution in [-0.4, -0.2) is 53.4 Å². The van der Waals surface area contributed by atoms with Crippen molar-refractivity contribution in [2.24, 2.45) is 0 Å². The quantitative estimate of drug-likeness (QED) is 0.662. The summed E-state index contributed by atoms with van der Waals surface area (Å²) in [7, 11) is 0. The van der Waals surface area contributed by atoms with Gasteiger partial charge in [-0.05, 0) is 38.1 Å². The lowest BCUT2D eigenvalue weighted by molar-refractivity contribution is 0.0372. The third kappa shape index (κ3) is 4.60. The number of aromatic nitrogens is 3. The normalized spacial score (nSPS) is 16.9. The number of ether oxygens (including phenoxy) is 2. The van der Waals surface area contributed by atoms with E-state index in [-0.39, 0.29) is 18.0 Å². The minimum absolute atomic E-state index is 0.0471. The first-order valence-electron chi connectivity index (χ1n) is 9.74. The molecular formula is C21H24FN5O2. The van der Waals surface area contributed by atoms with Gasteiger partial charge in [0.05, 0.1) is 30.0 Å². The second-order valence-electron chi connectivity index (χ2n) is 7.17. The molecule has 0 unspecified atom stereocenters. The van der Waals surface area contributed by atoms with Crippen LogP contribution < -0.4 is 15.4 Å². The molecule has 0 bridgehead atoms. The molecule has 1 fully saturated rings. The van der Waals surface area contributed by atoms with Crippen molar-refractivity contribution in [3.05, 3.63) is 42.5 Å². The standard InChI is InChI=1S/C21H24FN5O2/c1-13(2)29-19-4-3-14(9-16(19)22)17-10-18-20(25-6-5-24-18)21(27-17)26-12-15-11-23-7-8-28-15/h3-6,9-10,13,15,23H,7-8,11-12H2,1-2H3,(H,26,27)/t15-/m0/s1. The molecule has 3 heterocycles. The van der Waals surface area contributed by atoms with Crippen molar-refractivity contribution in [2.75, 3.05) is 31.6 Å². The SMILES string of the molecule is CC(C)Oc1ccc(-c2cc3nccnc3c(NC[C@@H]3CNCCO3)n2)cc1F. The van der Waals surface area contributed by atoms with Crippen LogP contribution in [0.15, 0.2) is 36.7 Å². The number of nitrogens with one attached hydrogen (secondary N) is 2. The van der Waals surface area contributed by atoms with Crippen molar-refractivity contribution in [1.29, 1.82) is 0 Å². The molecule has 0 saturated carbocycles. The van der Waals surface area contributed by atoms with E-state index in [1.807, 2.05) is 19.9 Å². The van der Waals surface area contributed by atoms with Gasteiger partial charge < -0.3 is 20.1 Å². The highest BCUT2D eigenvalue weighted by atomic mass is 19.1. The second kappa shape index (κ2) is 8.67. The fourth-order valence-electron chi connectivity index (χ4n) is 3.21. The molecular weight excluding hydrogens is 373 g/mol. The highest BCUT2D eigenvalue weighted by Crippen LogP contribution is 2.29. The third-order valence-corrected chi connectivity index (χ3v) is 4.55. The second-order valence-corrected chi connectivity index (χ2v) is 7.17. The van der Waals surface area contributed by atoms with Crippen LogP contribution in [0.5, 0.6) is 5.75 Å². The molecule has 0 aliphatic carbocycles. The number of hydrogen-bond acceptors (Lipinski definition) is 7. The Kier molecular flexibility index (Phi) is 5.82. The fraction of sp³-hybridized carbons (Fsp3) is 0.381. The number of hydrogen-bond donors (Lipinski definition) is 2. The zero-order chi connectivity index (χ0) is 20.2. The molecule has 1 aliphatic rings. The zero-order valence-electron chi connectivity index (χ0n) is 16.5. The molecule has 1 atom stereocenters. The van der Waals surface area contributed by atoms with Gasteiger partial charge in [0.2, 0.25) is 0 Å². The maximum Gasteiger partial charge on any atom is 0.165 e. The molecule has 4 rings (SSSR count). The Labute approximate surface area is 168 Å². The van der Waals surface area contributed by atoms with E-state index in [1.54, 1.807) is 24.5 Å². The van der Waals surface area contributed by atoms with Gasteiger partial charge in [-0.2, -0.15) is 0 Å². The number of halogens is 1. The number of anilines is 1. The fourth-order valence-corrected chi connectivity index (χ4v) is 3.21. The van der Waals surface area contributed by atoms with Crippen LogP contribution in [0.2, 0.25) is 0 Å². The van der Waals surface area contributed by atoms with Crippen molar-refractivity contribution >= 4 is 16.9 Å². The van der Waals surface area contributed by atoms with Crippen LogP contribution in [0.25, 0.3) is 22.3 Å². The molecule has 2 aromatic heterocycles. The molecule has 8 heteroatoms. The maximum atomic E-state index is 14.5. The molecule has 3 aromatic rings. The van der Waals surface area contributed by atoms with Crippen LogP contribution in [0, 0.1) is 5.82 Å². The summed E-state index contributed by atoms with van der Waals surface area (Å²) in [6.07, 6.45) is 3.21. The summed E-state index contributed by atoms with van der Waals surface area (Å²) in [5.41, 5.74) is 2.61. The Balaban J connectivity index is 1.65. The van der Waals surface area contributed by atoms with Gasteiger partial charge in [0.15, 0.2) is 17.4 Å². The predicted octanol–water partition coefficient (Wildman–Crippen LogP) is 3.02. The van der Waals surface area contributed by atoms with Crippen LogP contribution in [0.4, 0.5) is 10.2 Å². The molecule has 0 amide bonds. The first-order chi connectivity index (χ1) is 14.1. The van der Waals surface area contributed by atoms with Gasteiger partial charge in [-0.3, -0.25) is 4.98 Å². The van der Waals surface area contributed by atoms with Gasteiger partial charge in [0.1, 0.15) is 5.52 Å². The smallest absolute Gasteiger partial charge is 0.165 e. The molecule has 152 valence electrons. The molecule has 0 spiro atoms. The minimum Gasteiger partial charge on any atom is -0.488 e. The molecule has 29 heavy (non-hydrogen) atoms. The summed E-state index contributed by atoms with van der Waals surface area (Å²) in [4.78, 5) is 13.5. The van der Waals surface area contributed by atoms with Gasteiger partial charge in [0, 0.05) is 37.6 Å². The van der Waals surface area contributed by atoms with E-state index in [0.717, 1.165) is 13.1 Å². The van der Waals surface area contributed by atoms with Crippen LogP contribution in [0.1, 0.15) is 13.8 Å². The van der Waals surface area contributed by atoms with Crippen LogP contribution in [-0.2, 0) is 4.74 Å². The van der Waals surface area contributed by atoms with Crippen molar-refractivity contribution in [3.8, 4) is 17.0 Å². The van der Waals surface area contributed by atoms with E-state index in [4.69, 9.17) is 14.5 Å². The summed E-state index contributed by atoms with van der Waals surface area (Å²) in [6.45, 7) is 6.63. The Morgan fingerprint density at radius 1 is 1.28 bits per heavy atom. The van der Waals surface area contributed by atoms with Gasteiger partial charge in [-0.1, -0.05) is 0 Å². The van der Waals surface area contributed by atoms with E-state index >= 15 is 0 Å². The first kappa shape index (κ1) is 19.5. The average molecular weight is 397 g/mol. The molecule has 1 aliphatic heterocycles. The Bertz CT molecular complexity index is 992. The molecule has 1 saturated heterocycles. The highest BCUT2D eigenvalue weighted by molar-refractivity contribution is 5.88. The number of fused-ring (bicyclic) bond motifs is 1. The average Bonchev–Trinajstić information content (AvgIpc) is 2.73. The molecule has 1 aromatic carbocycles. The van der Waals surface area contributed by atoms with Crippen molar-refractivity contribution < 1.29 is 13.9 Å². The summed E-state index contributed by atoms with van der Waals surface area (Å²) in [5, 5.41) is 6.63. The number of benzene rings is 1. The summed E-state index contributed by atoms with van der Waals surface area (Å²) in [6, 6.07) is 6.66. The van der Waals surface area contributed by atoms with Crippen molar-refractivity contribution in [2.45, 2.75) is 26.1 Å². The topological polar surface area (TPSA) is 81.2 Å². The van der Waals surface area contributed by atoms with Gasteiger partial charge in [-0.15, -0.1) is 0 Å². The highest BCUT2D eigenvalue weighted by Gasteiger charge is 2.16. The number of pyridine rings is 1. The number of rotatable bonds is 6. The van der Waals surface area contributed by atoms with E-state index in [2.05, 4.69) is 20.6 Å². The lowest BCUT2D eigenvalue weighted by Crippen LogP contribution is -2.42. The summed E-state index contributed by atoms with van der Waals surface area (Å²) >= 11 is 0. The van der Waals surface area contributed by atoms with Gasteiger partial charge >= 0.3 is 0 Å². The lowest BCUT2D eigenvalue weighted by Gasteiger charge is -2.24. The number of nitrogens with zero attached hydrogens (tertiary/aromatic N) is 3. The molecule has 2 N–H and O–H groups in total. The third-order valence-electron chi connectivity index (χ3n) is 4.55. The lowest BCUT2D eigenvalue weighted by atomic mass is 10.1. The van der Waals surface area contributed by atoms with E-state index in [9.17, 15) is 4.39 Å². The molecule has 7 nitrogen and oxygen atoms in total. The Hall–Kier alpha value is -2.84. The van der Waals surface area contributed by atoms with Gasteiger partial charge in [-0.25, -0.2) is 14.4 Å². The first-order valence-corrected chi connectivity index (χ1v) is 9.74. The molecule has 0 radical (unpaired) electrons. The van der Waals surface area contributed by atoms with Crippen molar-refractivity contribution in [1.82, 2.24) is 20.3 Å². The van der Waals surface area contributed by atoms with Crippen LogP contribution in [0.3, 0.4) is 0 Å². The maximum absolute atomic E-state index is 14.5. The summed E-state index contributed by atoms with van der Waals surface area (Å²) in [5.74, 6) is 0.403.